The molecule has 0 atom stereocenters. The van der Waals surface area contributed by atoms with Gasteiger partial charge in [0.2, 0.25) is 0 Å². The van der Waals surface area contributed by atoms with E-state index in [1.54, 1.807) is 24.3 Å². The van der Waals surface area contributed by atoms with E-state index in [0.29, 0.717) is 36.2 Å². The lowest BCUT2D eigenvalue weighted by Crippen LogP contribution is -2.17. The third-order valence-corrected chi connectivity index (χ3v) is 4.48. The number of rotatable bonds is 4. The molecule has 0 bridgehead atoms. The van der Waals surface area contributed by atoms with Crippen molar-refractivity contribution in [2.24, 2.45) is 0 Å². The number of fused-ring (bicyclic) bond motifs is 1. The minimum Gasteiger partial charge on any atom is -0.486 e. The van der Waals surface area contributed by atoms with Crippen LogP contribution in [0.15, 0.2) is 48.8 Å². The molecule has 1 aliphatic rings. The summed E-state index contributed by atoms with van der Waals surface area (Å²) in [5, 5.41) is 6.03. The first-order valence-corrected chi connectivity index (χ1v) is 8.96. The van der Waals surface area contributed by atoms with Crippen molar-refractivity contribution in [3.63, 3.8) is 0 Å². The van der Waals surface area contributed by atoms with Crippen LogP contribution in [0.5, 0.6) is 11.5 Å². The number of ether oxygens (including phenoxy) is 2. The Bertz CT molecular complexity index is 1040. The van der Waals surface area contributed by atoms with Gasteiger partial charge in [-0.1, -0.05) is 6.07 Å². The van der Waals surface area contributed by atoms with Gasteiger partial charge >= 0.3 is 0 Å². The molecule has 0 spiro atoms. The van der Waals surface area contributed by atoms with Crippen molar-refractivity contribution in [3.05, 3.63) is 65.6 Å². The summed E-state index contributed by atoms with van der Waals surface area (Å²) in [4.78, 5) is 20.9. The topological polar surface area (TPSA) is 85.4 Å². The Balaban J connectivity index is 1.49. The maximum Gasteiger partial charge on any atom is 0.274 e. The molecule has 0 saturated heterocycles. The first-order chi connectivity index (χ1) is 13.6. The highest BCUT2D eigenvalue weighted by molar-refractivity contribution is 6.03. The number of aryl methyl sites for hydroxylation is 2. The second kappa shape index (κ2) is 7.56. The molecule has 0 radical (unpaired) electrons. The van der Waals surface area contributed by atoms with Crippen molar-refractivity contribution in [1.29, 1.82) is 0 Å². The van der Waals surface area contributed by atoms with Crippen molar-refractivity contribution in [3.8, 4) is 11.5 Å². The number of nitrogens with zero attached hydrogens (tertiary/aromatic N) is 2. The summed E-state index contributed by atoms with van der Waals surface area (Å²) in [6.45, 7) is 5.12. The van der Waals surface area contributed by atoms with Gasteiger partial charge in [-0.25, -0.2) is 9.97 Å². The van der Waals surface area contributed by atoms with Gasteiger partial charge in [0.25, 0.3) is 5.91 Å². The van der Waals surface area contributed by atoms with E-state index in [-0.39, 0.29) is 11.6 Å². The molecule has 0 fully saturated rings. The molecule has 7 nitrogen and oxygen atoms in total. The monoisotopic (exact) mass is 376 g/mol. The predicted molar refractivity (Wildman–Crippen MR) is 107 cm³/mol. The zero-order chi connectivity index (χ0) is 19.5. The normalized spacial score (nSPS) is 12.4. The summed E-state index contributed by atoms with van der Waals surface area (Å²) >= 11 is 0. The fraction of sp³-hybridized carbons (Fsp3) is 0.190. The lowest BCUT2D eigenvalue weighted by molar-refractivity contribution is 0.102. The Morgan fingerprint density at radius 2 is 1.68 bits per heavy atom. The number of aromatic nitrogens is 2. The molecule has 1 aromatic heterocycles. The summed E-state index contributed by atoms with van der Waals surface area (Å²) in [5.41, 5.74) is 4.16. The lowest BCUT2D eigenvalue weighted by Gasteiger charge is -2.19. The van der Waals surface area contributed by atoms with Gasteiger partial charge in [0.05, 0.1) is 0 Å². The third-order valence-electron chi connectivity index (χ3n) is 4.48. The molecule has 1 amide bonds. The Hall–Kier alpha value is -3.61. The molecule has 28 heavy (non-hydrogen) atoms. The quantitative estimate of drug-likeness (QED) is 0.719. The fourth-order valence-corrected chi connectivity index (χ4v) is 2.83. The Labute approximate surface area is 162 Å². The minimum absolute atomic E-state index is 0.260. The van der Waals surface area contributed by atoms with Gasteiger partial charge in [0.15, 0.2) is 11.5 Å². The summed E-state index contributed by atoms with van der Waals surface area (Å²) in [6.07, 6.45) is 1.36. The average molecular weight is 376 g/mol. The Morgan fingerprint density at radius 1 is 0.893 bits per heavy atom. The Kier molecular flexibility index (Phi) is 4.80. The maximum atomic E-state index is 12.6. The highest BCUT2D eigenvalue weighted by Gasteiger charge is 2.14. The number of amides is 1. The van der Waals surface area contributed by atoms with Gasteiger partial charge in [-0.2, -0.15) is 0 Å². The van der Waals surface area contributed by atoms with E-state index in [2.05, 4.69) is 27.5 Å². The minimum atomic E-state index is -0.331. The van der Waals surface area contributed by atoms with E-state index >= 15 is 0 Å². The predicted octanol–water partition coefficient (Wildman–Crippen LogP) is 3.86. The molecule has 0 aliphatic carbocycles. The van der Waals surface area contributed by atoms with Crippen molar-refractivity contribution >= 4 is 23.1 Å². The molecule has 3 aromatic rings. The summed E-state index contributed by atoms with van der Waals surface area (Å²) in [5.74, 6) is 1.50. The van der Waals surface area contributed by atoms with Crippen molar-refractivity contribution in [2.45, 2.75) is 13.8 Å². The molecule has 2 aromatic carbocycles. The van der Waals surface area contributed by atoms with Crippen LogP contribution in [-0.2, 0) is 0 Å². The number of anilines is 3. The van der Waals surface area contributed by atoms with Crippen LogP contribution in [0.3, 0.4) is 0 Å². The van der Waals surface area contributed by atoms with Crippen molar-refractivity contribution in [1.82, 2.24) is 9.97 Å². The van der Waals surface area contributed by atoms with Crippen LogP contribution >= 0.6 is 0 Å². The fourth-order valence-electron chi connectivity index (χ4n) is 2.83. The summed E-state index contributed by atoms with van der Waals surface area (Å²) in [6, 6.07) is 12.9. The second-order valence-electron chi connectivity index (χ2n) is 6.53. The number of nitrogens with one attached hydrogen (secondary N) is 2. The van der Waals surface area contributed by atoms with E-state index in [9.17, 15) is 4.79 Å². The molecule has 0 saturated carbocycles. The van der Waals surface area contributed by atoms with Gasteiger partial charge in [0.1, 0.15) is 31.1 Å². The van der Waals surface area contributed by atoms with E-state index in [1.165, 1.54) is 17.5 Å². The Morgan fingerprint density at radius 3 is 2.50 bits per heavy atom. The van der Waals surface area contributed by atoms with E-state index in [4.69, 9.17) is 9.47 Å². The maximum absolute atomic E-state index is 12.6. The van der Waals surface area contributed by atoms with Crippen molar-refractivity contribution in [2.75, 3.05) is 23.8 Å². The third kappa shape index (κ3) is 3.88. The van der Waals surface area contributed by atoms with Crippen LogP contribution in [0.4, 0.5) is 17.2 Å². The van der Waals surface area contributed by atoms with Gasteiger partial charge in [-0.05, 0) is 49.2 Å². The number of hydrogen-bond donors (Lipinski definition) is 2. The molecular formula is C21H20N4O3. The molecule has 0 unspecified atom stereocenters. The van der Waals surface area contributed by atoms with E-state index in [0.717, 1.165) is 5.69 Å². The van der Waals surface area contributed by atoms with Gasteiger partial charge in [-0.15, -0.1) is 0 Å². The number of carbonyl (C=O) groups is 1. The second-order valence-corrected chi connectivity index (χ2v) is 6.53. The van der Waals surface area contributed by atoms with Gasteiger partial charge in [0, 0.05) is 23.5 Å². The first-order valence-electron chi connectivity index (χ1n) is 8.96. The first kappa shape index (κ1) is 17.8. The number of hydrogen-bond acceptors (Lipinski definition) is 6. The molecule has 2 heterocycles. The molecule has 7 heteroatoms. The average Bonchev–Trinajstić information content (AvgIpc) is 2.71. The standard InChI is InChI=1S/C21H20N4O3/c1-13-3-4-15(9-14(13)2)24-20-11-17(22-12-23-20)21(26)25-16-5-6-18-19(10-16)28-8-7-27-18/h3-6,9-12H,7-8H2,1-2H3,(H,25,26)(H,22,23,24). The van der Waals surface area contributed by atoms with Gasteiger partial charge in [-0.3, -0.25) is 4.79 Å². The van der Waals surface area contributed by atoms with Gasteiger partial charge < -0.3 is 20.1 Å². The molecule has 4 rings (SSSR count). The van der Waals surface area contributed by atoms with E-state index < -0.39 is 0 Å². The van der Waals surface area contributed by atoms with Crippen LogP contribution in [0.25, 0.3) is 0 Å². The van der Waals surface area contributed by atoms with Crippen LogP contribution in [0, 0.1) is 13.8 Å². The highest BCUT2D eigenvalue weighted by atomic mass is 16.6. The highest BCUT2D eigenvalue weighted by Crippen LogP contribution is 2.32. The van der Waals surface area contributed by atoms with Crippen LogP contribution < -0.4 is 20.1 Å². The van der Waals surface area contributed by atoms with Crippen LogP contribution in [0.1, 0.15) is 21.6 Å². The molecule has 1 aliphatic heterocycles. The zero-order valence-electron chi connectivity index (χ0n) is 15.7. The molecular weight excluding hydrogens is 356 g/mol. The van der Waals surface area contributed by atoms with Crippen molar-refractivity contribution < 1.29 is 14.3 Å². The lowest BCUT2D eigenvalue weighted by atomic mass is 10.1. The number of benzene rings is 2. The van der Waals surface area contributed by atoms with E-state index in [1.807, 2.05) is 25.1 Å². The SMILES string of the molecule is Cc1ccc(Nc2cc(C(=O)Nc3ccc4c(c3)OCCO4)ncn2)cc1C. The van der Waals surface area contributed by atoms with Crippen LogP contribution in [0.2, 0.25) is 0 Å². The largest absolute Gasteiger partial charge is 0.486 e. The summed E-state index contributed by atoms with van der Waals surface area (Å²) in [7, 11) is 0. The summed E-state index contributed by atoms with van der Waals surface area (Å²) < 4.78 is 11.0. The number of carbonyl (C=O) groups excluding carboxylic acids is 1. The molecule has 142 valence electrons. The smallest absolute Gasteiger partial charge is 0.274 e. The molecule has 2 N–H and O–H groups in total. The van der Waals surface area contributed by atoms with Crippen LogP contribution in [-0.4, -0.2) is 29.1 Å². The zero-order valence-corrected chi connectivity index (χ0v) is 15.7.